The molecule has 0 aliphatic carbocycles. The van der Waals surface area contributed by atoms with Gasteiger partial charge in [-0.1, -0.05) is 60.7 Å². The highest BCUT2D eigenvalue weighted by atomic mass is 127. The predicted molar refractivity (Wildman–Crippen MR) is 92.0 cm³/mol. The van der Waals surface area contributed by atoms with Crippen LogP contribution in [0.1, 0.15) is 18.1 Å². The zero-order valence-electron chi connectivity index (χ0n) is 14.8. The Hall–Kier alpha value is -0.950. The first-order valence-corrected chi connectivity index (χ1v) is 8.17. The van der Waals surface area contributed by atoms with E-state index in [-0.39, 0.29) is 30.1 Å². The number of rotatable bonds is 4. The van der Waals surface area contributed by atoms with Gasteiger partial charge in [0, 0.05) is 11.1 Å². The highest BCUT2D eigenvalue weighted by molar-refractivity contribution is 5.34. The Morgan fingerprint density at radius 2 is 1.38 bits per heavy atom. The number of nitrogens with zero attached hydrogens (tertiary/aromatic N) is 1. The van der Waals surface area contributed by atoms with Crippen molar-refractivity contribution in [1.29, 1.82) is 0 Å². The van der Waals surface area contributed by atoms with E-state index in [2.05, 4.69) is 52.3 Å². The van der Waals surface area contributed by atoms with E-state index in [0.717, 1.165) is 15.6 Å². The Morgan fingerprint density at radius 1 is 0.917 bits per heavy atom. The van der Waals surface area contributed by atoms with E-state index in [1.165, 1.54) is 0 Å². The summed E-state index contributed by atoms with van der Waals surface area (Å²) in [7, 11) is 6.58. The average Bonchev–Trinajstić information content (AvgIpc) is 3.01. The second-order valence-electron chi connectivity index (χ2n) is 7.17. The molecule has 2 atom stereocenters. The molecular weight excluding hydrogens is 413 g/mol. The molecule has 0 radical (unpaired) electrons. The predicted octanol–water partition coefficient (Wildman–Crippen LogP) is 0.402. The molecule has 4 heteroatoms. The fraction of sp³-hybridized carbons (Fsp3) is 0.400. The molecule has 1 unspecified atom stereocenters. The van der Waals surface area contributed by atoms with Crippen molar-refractivity contribution in [3.63, 3.8) is 0 Å². The second-order valence-corrected chi connectivity index (χ2v) is 7.17. The van der Waals surface area contributed by atoms with Crippen molar-refractivity contribution in [3.05, 3.63) is 71.8 Å². The summed E-state index contributed by atoms with van der Waals surface area (Å²) in [6.07, 6.45) is 0.0513. The van der Waals surface area contributed by atoms with Crippen LogP contribution in [0.3, 0.4) is 0 Å². The maximum atomic E-state index is 6.57. The van der Waals surface area contributed by atoms with Crippen LogP contribution in [0.4, 0.5) is 0 Å². The van der Waals surface area contributed by atoms with E-state index < -0.39 is 5.79 Å². The van der Waals surface area contributed by atoms with E-state index in [1.54, 1.807) is 0 Å². The van der Waals surface area contributed by atoms with Crippen molar-refractivity contribution < 1.29 is 37.9 Å². The van der Waals surface area contributed by atoms with Gasteiger partial charge in [0.05, 0.1) is 27.7 Å². The Labute approximate surface area is 162 Å². The molecule has 1 aliphatic rings. The van der Waals surface area contributed by atoms with Crippen LogP contribution in [0, 0.1) is 0 Å². The molecule has 130 valence electrons. The number of hydrogen-bond donors (Lipinski definition) is 0. The summed E-state index contributed by atoms with van der Waals surface area (Å²) < 4.78 is 13.7. The van der Waals surface area contributed by atoms with Crippen molar-refractivity contribution in [2.75, 3.05) is 27.7 Å². The van der Waals surface area contributed by atoms with Gasteiger partial charge < -0.3 is 37.9 Å². The molecule has 0 spiro atoms. The molecule has 1 aliphatic heterocycles. The quantitative estimate of drug-likeness (QED) is 0.508. The lowest BCUT2D eigenvalue weighted by Gasteiger charge is -2.36. The molecular formula is C20H26INO2. The first-order valence-electron chi connectivity index (χ1n) is 8.17. The fourth-order valence-electron chi connectivity index (χ4n) is 3.00. The van der Waals surface area contributed by atoms with Gasteiger partial charge in [0.2, 0.25) is 5.79 Å². The summed E-state index contributed by atoms with van der Waals surface area (Å²) >= 11 is 0. The molecule has 0 aromatic heterocycles. The van der Waals surface area contributed by atoms with Gasteiger partial charge in [-0.05, 0) is 6.92 Å². The van der Waals surface area contributed by atoms with E-state index in [1.807, 2.05) is 36.4 Å². The van der Waals surface area contributed by atoms with Crippen LogP contribution in [0.2, 0.25) is 0 Å². The number of benzene rings is 2. The van der Waals surface area contributed by atoms with Crippen molar-refractivity contribution >= 4 is 0 Å². The van der Waals surface area contributed by atoms with Crippen molar-refractivity contribution in [2.24, 2.45) is 0 Å². The molecule has 0 amide bonds. The van der Waals surface area contributed by atoms with Gasteiger partial charge in [0.15, 0.2) is 0 Å². The van der Waals surface area contributed by atoms with Crippen LogP contribution < -0.4 is 24.0 Å². The minimum Gasteiger partial charge on any atom is -1.00 e. The summed E-state index contributed by atoms with van der Waals surface area (Å²) in [5, 5.41) is 0. The molecule has 24 heavy (non-hydrogen) atoms. The summed E-state index contributed by atoms with van der Waals surface area (Å²) in [6.45, 7) is 2.82. The van der Waals surface area contributed by atoms with Crippen LogP contribution in [0.25, 0.3) is 0 Å². The summed E-state index contributed by atoms with van der Waals surface area (Å²) in [4.78, 5) is 0. The lowest BCUT2D eigenvalue weighted by Crippen LogP contribution is -3.00. The monoisotopic (exact) mass is 439 g/mol. The highest BCUT2D eigenvalue weighted by Crippen LogP contribution is 2.41. The molecule has 3 rings (SSSR count). The molecule has 2 aromatic rings. The maximum absolute atomic E-state index is 6.57. The third-order valence-electron chi connectivity index (χ3n) is 4.84. The van der Waals surface area contributed by atoms with Crippen LogP contribution in [-0.4, -0.2) is 44.4 Å². The maximum Gasteiger partial charge on any atom is 0.223 e. The lowest BCUT2D eigenvalue weighted by atomic mass is 9.97. The topological polar surface area (TPSA) is 18.5 Å². The zero-order valence-corrected chi connectivity index (χ0v) is 16.9. The first-order chi connectivity index (χ1) is 10.9. The van der Waals surface area contributed by atoms with Gasteiger partial charge in [-0.2, -0.15) is 0 Å². The molecule has 1 fully saturated rings. The number of hydrogen-bond acceptors (Lipinski definition) is 2. The van der Waals surface area contributed by atoms with Crippen LogP contribution in [-0.2, 0) is 15.3 Å². The van der Waals surface area contributed by atoms with Crippen molar-refractivity contribution in [2.45, 2.75) is 24.9 Å². The summed E-state index contributed by atoms with van der Waals surface area (Å²) in [6, 6.07) is 20.8. The zero-order chi connectivity index (χ0) is 16.5. The highest BCUT2D eigenvalue weighted by Gasteiger charge is 2.48. The summed E-state index contributed by atoms with van der Waals surface area (Å²) in [5.41, 5.74) is 2.09. The number of ether oxygens (including phenoxy) is 2. The third kappa shape index (κ3) is 3.67. The van der Waals surface area contributed by atoms with Gasteiger partial charge in [0.25, 0.3) is 0 Å². The number of quaternary nitrogens is 1. The second kappa shape index (κ2) is 7.52. The molecule has 0 saturated carbocycles. The third-order valence-corrected chi connectivity index (χ3v) is 4.84. The largest absolute Gasteiger partial charge is 1.00 e. The van der Waals surface area contributed by atoms with Gasteiger partial charge in [-0.3, -0.25) is 0 Å². The standard InChI is InChI=1S/C20H26NO2.HI/c1-16(21(2,3)4)19-15-22-20(23-19,17-11-7-5-8-12-17)18-13-9-6-10-14-18;/h5-14,16,19H,15H2,1-4H3;1H/q+1;/p-1/t16-,19?;/m1./s1. The fourth-order valence-corrected chi connectivity index (χ4v) is 3.00. The van der Waals surface area contributed by atoms with Crippen molar-refractivity contribution in [3.8, 4) is 0 Å². The number of halogens is 1. The molecule has 3 nitrogen and oxygen atoms in total. The molecule has 1 saturated heterocycles. The van der Waals surface area contributed by atoms with E-state index in [4.69, 9.17) is 9.47 Å². The Morgan fingerprint density at radius 3 is 1.79 bits per heavy atom. The molecule has 0 N–H and O–H groups in total. The first kappa shape index (κ1) is 19.4. The van der Waals surface area contributed by atoms with Crippen molar-refractivity contribution in [1.82, 2.24) is 0 Å². The number of likely N-dealkylation sites (N-methyl/N-ethyl adjacent to an activating group) is 1. The van der Waals surface area contributed by atoms with Gasteiger partial charge in [-0.25, -0.2) is 0 Å². The Bertz CT molecular complexity index is 600. The average molecular weight is 439 g/mol. The molecule has 2 aromatic carbocycles. The van der Waals surface area contributed by atoms with E-state index >= 15 is 0 Å². The van der Waals surface area contributed by atoms with Crippen LogP contribution in [0.15, 0.2) is 60.7 Å². The minimum atomic E-state index is -0.809. The lowest BCUT2D eigenvalue weighted by molar-refractivity contribution is -0.897. The minimum absolute atomic E-state index is 0. The Kier molecular flexibility index (Phi) is 6.07. The van der Waals surface area contributed by atoms with Gasteiger partial charge in [0.1, 0.15) is 12.1 Å². The van der Waals surface area contributed by atoms with Gasteiger partial charge in [-0.15, -0.1) is 0 Å². The smallest absolute Gasteiger partial charge is 0.223 e. The SMILES string of the molecule is C[C@H](C1COC(c2ccccc2)(c2ccccc2)O1)[N+](C)(C)C.[I-]. The molecule has 1 heterocycles. The molecule has 0 bridgehead atoms. The van der Waals surface area contributed by atoms with E-state index in [9.17, 15) is 0 Å². The normalized spacial score (nSPS) is 21.1. The van der Waals surface area contributed by atoms with E-state index in [0.29, 0.717) is 12.6 Å². The Balaban J connectivity index is 0.00000208. The van der Waals surface area contributed by atoms with Gasteiger partial charge >= 0.3 is 0 Å². The van der Waals surface area contributed by atoms with Crippen LogP contribution >= 0.6 is 0 Å². The van der Waals surface area contributed by atoms with Crippen LogP contribution in [0.5, 0.6) is 0 Å². The summed E-state index contributed by atoms with van der Waals surface area (Å²) in [5.74, 6) is -0.809.